The molecule has 7 nitrogen and oxygen atoms in total. The zero-order chi connectivity index (χ0) is 27.4. The fraction of sp³-hybridized carbons (Fsp3) is 0.259. The molecule has 0 atom stereocenters. The third kappa shape index (κ3) is 5.83. The number of unbranched alkanes of at least 4 members (excludes halogenated alkanes) is 1. The number of nitrogens with zero attached hydrogens (tertiary/aromatic N) is 3. The first-order valence-corrected chi connectivity index (χ1v) is 13.6. The van der Waals surface area contributed by atoms with Gasteiger partial charge in [-0.3, -0.25) is 9.40 Å². The molecule has 0 bridgehead atoms. The van der Waals surface area contributed by atoms with Gasteiger partial charge in [0.15, 0.2) is 5.82 Å². The molecule has 38 heavy (non-hydrogen) atoms. The largest absolute Gasteiger partial charge is 0.370 e. The monoisotopic (exact) mass is 543 g/mol. The first-order valence-electron chi connectivity index (χ1n) is 12.2. The fourth-order valence-corrected chi connectivity index (χ4v) is 4.98. The van der Waals surface area contributed by atoms with Crippen LogP contribution in [0.1, 0.15) is 39.7 Å². The van der Waals surface area contributed by atoms with Crippen LogP contribution < -0.4 is 10.0 Å². The zero-order valence-corrected chi connectivity index (χ0v) is 22.0. The molecule has 2 aromatic carbocycles. The minimum Gasteiger partial charge on any atom is -0.370 e. The molecule has 11 heteroatoms. The number of pyridine rings is 1. The van der Waals surface area contributed by atoms with Crippen LogP contribution in [0.2, 0.25) is 0 Å². The summed E-state index contributed by atoms with van der Waals surface area (Å²) >= 11 is 0. The van der Waals surface area contributed by atoms with E-state index in [0.717, 1.165) is 31.0 Å². The highest BCUT2D eigenvalue weighted by Crippen LogP contribution is 2.36. The summed E-state index contributed by atoms with van der Waals surface area (Å²) in [6.45, 7) is 6.71. The molecule has 0 saturated heterocycles. The molecule has 2 N–H and O–H groups in total. The van der Waals surface area contributed by atoms with E-state index in [4.69, 9.17) is 0 Å². The number of hydrogen-bond donors (Lipinski definition) is 2. The number of anilines is 2. The second-order valence-electron chi connectivity index (χ2n) is 9.02. The lowest BCUT2D eigenvalue weighted by molar-refractivity contribution is 0.533. The summed E-state index contributed by atoms with van der Waals surface area (Å²) in [5, 5.41) is 7.86. The van der Waals surface area contributed by atoms with Crippen molar-refractivity contribution in [3.63, 3.8) is 0 Å². The predicted octanol–water partition coefficient (Wildman–Crippen LogP) is 6.62. The standard InChI is InChI=1S/C27H28F3N5O2S/c1-4-5-12-31-25-14-18(11-13-32-25)21-16-35(17(2)3)33-27(21)20-7-6-8-23(26(20)30)34-38(36,37)24-15-19(28)9-10-22(24)29/h6-11,13-17,34H,4-5,12H2,1-3H3,(H,31,32). The maximum Gasteiger partial charge on any atom is 0.265 e. The van der Waals surface area contributed by atoms with Gasteiger partial charge in [0.05, 0.1) is 5.69 Å². The molecule has 0 amide bonds. The first kappa shape index (κ1) is 27.2. The molecule has 0 radical (unpaired) electrons. The molecule has 0 fully saturated rings. The number of hydrogen-bond acceptors (Lipinski definition) is 5. The van der Waals surface area contributed by atoms with Gasteiger partial charge >= 0.3 is 0 Å². The van der Waals surface area contributed by atoms with Gasteiger partial charge in [0, 0.05) is 36.1 Å². The summed E-state index contributed by atoms with van der Waals surface area (Å²) in [6.07, 6.45) is 5.46. The Bertz CT molecular complexity index is 1550. The van der Waals surface area contributed by atoms with Crippen molar-refractivity contribution in [3.05, 3.63) is 78.4 Å². The molecule has 0 aliphatic heterocycles. The summed E-state index contributed by atoms with van der Waals surface area (Å²) in [7, 11) is -4.62. The zero-order valence-electron chi connectivity index (χ0n) is 21.2. The smallest absolute Gasteiger partial charge is 0.265 e. The van der Waals surface area contributed by atoms with Crippen LogP contribution in [0, 0.1) is 17.5 Å². The minimum absolute atomic E-state index is 0.0350. The van der Waals surface area contributed by atoms with Crippen LogP contribution in [0.4, 0.5) is 24.7 Å². The van der Waals surface area contributed by atoms with Gasteiger partial charge in [0.1, 0.15) is 28.0 Å². The Kier molecular flexibility index (Phi) is 8.05. The quantitative estimate of drug-likeness (QED) is 0.219. The van der Waals surface area contributed by atoms with Crippen LogP contribution in [0.3, 0.4) is 0 Å². The van der Waals surface area contributed by atoms with E-state index in [1.54, 1.807) is 23.1 Å². The lowest BCUT2D eigenvalue weighted by atomic mass is 10.0. The van der Waals surface area contributed by atoms with Crippen LogP contribution in [-0.4, -0.2) is 29.7 Å². The normalized spacial score (nSPS) is 11.7. The predicted molar refractivity (Wildman–Crippen MR) is 142 cm³/mol. The maximum absolute atomic E-state index is 15.8. The molecule has 4 aromatic rings. The van der Waals surface area contributed by atoms with Gasteiger partial charge in [0.25, 0.3) is 10.0 Å². The van der Waals surface area contributed by atoms with E-state index in [1.165, 1.54) is 18.2 Å². The number of rotatable bonds is 10. The van der Waals surface area contributed by atoms with Gasteiger partial charge in [-0.2, -0.15) is 5.10 Å². The average Bonchev–Trinajstić information content (AvgIpc) is 3.33. The second kappa shape index (κ2) is 11.3. The van der Waals surface area contributed by atoms with E-state index < -0.39 is 38.1 Å². The minimum atomic E-state index is -4.62. The van der Waals surface area contributed by atoms with Crippen molar-refractivity contribution in [2.75, 3.05) is 16.6 Å². The highest BCUT2D eigenvalue weighted by Gasteiger charge is 2.24. The molecular formula is C27H28F3N5O2S. The molecule has 0 saturated carbocycles. The Morgan fingerprint density at radius 1 is 1.03 bits per heavy atom. The van der Waals surface area contributed by atoms with E-state index in [2.05, 4.69) is 22.3 Å². The van der Waals surface area contributed by atoms with Crippen LogP contribution in [0.5, 0.6) is 0 Å². The molecule has 2 aromatic heterocycles. The number of halogens is 3. The highest BCUT2D eigenvalue weighted by molar-refractivity contribution is 7.92. The number of benzene rings is 2. The highest BCUT2D eigenvalue weighted by atomic mass is 32.2. The number of nitrogens with one attached hydrogen (secondary N) is 2. The number of aromatic nitrogens is 3. The van der Waals surface area contributed by atoms with Crippen LogP contribution >= 0.6 is 0 Å². The van der Waals surface area contributed by atoms with Crippen molar-refractivity contribution in [3.8, 4) is 22.4 Å². The third-order valence-electron chi connectivity index (χ3n) is 5.85. The van der Waals surface area contributed by atoms with Gasteiger partial charge in [-0.1, -0.05) is 19.4 Å². The molecular weight excluding hydrogens is 515 g/mol. The molecule has 0 unspecified atom stereocenters. The topological polar surface area (TPSA) is 88.9 Å². The van der Waals surface area contributed by atoms with Gasteiger partial charge in [-0.25, -0.2) is 26.6 Å². The van der Waals surface area contributed by atoms with Gasteiger partial charge < -0.3 is 5.32 Å². The first-order chi connectivity index (χ1) is 18.1. The maximum atomic E-state index is 15.8. The summed E-state index contributed by atoms with van der Waals surface area (Å²) < 4.78 is 72.9. The summed E-state index contributed by atoms with van der Waals surface area (Å²) in [5.74, 6) is -2.34. The molecule has 4 rings (SSSR count). The Morgan fingerprint density at radius 2 is 1.82 bits per heavy atom. The molecule has 2 heterocycles. The summed E-state index contributed by atoms with van der Waals surface area (Å²) in [5.41, 5.74) is 1.27. The van der Waals surface area contributed by atoms with Crippen molar-refractivity contribution in [2.45, 2.75) is 44.6 Å². The van der Waals surface area contributed by atoms with E-state index in [9.17, 15) is 17.2 Å². The van der Waals surface area contributed by atoms with Crippen molar-refractivity contribution < 1.29 is 21.6 Å². The molecule has 0 aliphatic carbocycles. The van der Waals surface area contributed by atoms with Gasteiger partial charge in [-0.15, -0.1) is 0 Å². The summed E-state index contributed by atoms with van der Waals surface area (Å²) in [6, 6.07) is 9.77. The Hall–Kier alpha value is -3.86. The van der Waals surface area contributed by atoms with Crippen LogP contribution in [0.15, 0.2) is 65.8 Å². The van der Waals surface area contributed by atoms with Gasteiger partial charge in [0.2, 0.25) is 0 Å². The Balaban J connectivity index is 1.77. The average molecular weight is 544 g/mol. The summed E-state index contributed by atoms with van der Waals surface area (Å²) in [4.78, 5) is 3.42. The molecule has 200 valence electrons. The van der Waals surface area contributed by atoms with Crippen molar-refractivity contribution in [1.82, 2.24) is 14.8 Å². The Morgan fingerprint density at radius 3 is 2.55 bits per heavy atom. The van der Waals surface area contributed by atoms with E-state index in [-0.39, 0.29) is 11.6 Å². The lowest BCUT2D eigenvalue weighted by Gasteiger charge is -2.12. The van der Waals surface area contributed by atoms with Crippen molar-refractivity contribution in [1.29, 1.82) is 0 Å². The molecule has 0 spiro atoms. The second-order valence-corrected chi connectivity index (χ2v) is 10.7. The van der Waals surface area contributed by atoms with Crippen LogP contribution in [-0.2, 0) is 10.0 Å². The third-order valence-corrected chi connectivity index (χ3v) is 7.23. The van der Waals surface area contributed by atoms with Gasteiger partial charge in [-0.05, 0) is 68.3 Å². The van der Waals surface area contributed by atoms with E-state index in [1.807, 2.05) is 24.6 Å². The SMILES string of the molecule is CCCCNc1cc(-c2cn(C(C)C)nc2-c2cccc(NS(=O)(=O)c3cc(F)ccc3F)c2F)ccn1. The van der Waals surface area contributed by atoms with Crippen molar-refractivity contribution in [2.24, 2.45) is 0 Å². The fourth-order valence-electron chi connectivity index (χ4n) is 3.83. The van der Waals surface area contributed by atoms with Crippen LogP contribution in [0.25, 0.3) is 22.4 Å². The van der Waals surface area contributed by atoms with Crippen molar-refractivity contribution >= 4 is 21.5 Å². The van der Waals surface area contributed by atoms with E-state index in [0.29, 0.717) is 29.2 Å². The van der Waals surface area contributed by atoms with E-state index >= 15 is 4.39 Å². The lowest BCUT2D eigenvalue weighted by Crippen LogP contribution is -2.16. The number of sulfonamides is 1. The molecule has 0 aliphatic rings. The Labute approximate surface area is 219 Å².